The lowest BCUT2D eigenvalue weighted by Gasteiger charge is -2.52. The Morgan fingerprint density at radius 2 is 1.85 bits per heavy atom. The van der Waals surface area contributed by atoms with E-state index in [0.717, 1.165) is 19.0 Å². The van der Waals surface area contributed by atoms with Crippen LogP contribution in [0.4, 0.5) is 0 Å². The SMILES string of the molecule is CC1(C)CN(CCc2ccccc2)C(C)(C2CC2)CN1. The highest BCUT2D eigenvalue weighted by molar-refractivity contribution is 5.16. The highest BCUT2D eigenvalue weighted by atomic mass is 15.3. The third-order valence-corrected chi connectivity index (χ3v) is 5.20. The maximum Gasteiger partial charge on any atom is 0.0335 e. The summed E-state index contributed by atoms with van der Waals surface area (Å²) in [5.41, 5.74) is 2.07. The molecule has 110 valence electrons. The van der Waals surface area contributed by atoms with E-state index in [2.05, 4.69) is 61.3 Å². The lowest BCUT2D eigenvalue weighted by atomic mass is 9.85. The van der Waals surface area contributed by atoms with Crippen LogP contribution in [0.5, 0.6) is 0 Å². The molecular formula is C18H28N2. The maximum atomic E-state index is 3.76. The standard InChI is InChI=1S/C18H28N2/c1-17(2)14-20(12-11-15-7-5-4-6-8-15)18(3,13-19-17)16-9-10-16/h4-8,16,19H,9-14H2,1-3H3. The summed E-state index contributed by atoms with van der Waals surface area (Å²) in [4.78, 5) is 2.76. The molecule has 0 amide bonds. The van der Waals surface area contributed by atoms with Gasteiger partial charge in [-0.2, -0.15) is 0 Å². The van der Waals surface area contributed by atoms with Crippen molar-refractivity contribution in [3.05, 3.63) is 35.9 Å². The van der Waals surface area contributed by atoms with Gasteiger partial charge in [0.15, 0.2) is 0 Å². The van der Waals surface area contributed by atoms with Crippen LogP contribution in [0.15, 0.2) is 30.3 Å². The van der Waals surface area contributed by atoms with Crippen molar-refractivity contribution in [2.75, 3.05) is 19.6 Å². The van der Waals surface area contributed by atoms with Gasteiger partial charge in [0.25, 0.3) is 0 Å². The summed E-state index contributed by atoms with van der Waals surface area (Å²) < 4.78 is 0. The molecule has 2 heteroatoms. The molecule has 2 aliphatic rings. The smallest absolute Gasteiger partial charge is 0.0335 e. The first-order valence-corrected chi connectivity index (χ1v) is 8.04. The van der Waals surface area contributed by atoms with Crippen LogP contribution in [0.25, 0.3) is 0 Å². The molecule has 0 bridgehead atoms. The van der Waals surface area contributed by atoms with Crippen molar-refractivity contribution in [2.45, 2.75) is 51.1 Å². The number of hydrogen-bond acceptors (Lipinski definition) is 2. The van der Waals surface area contributed by atoms with Gasteiger partial charge >= 0.3 is 0 Å². The van der Waals surface area contributed by atoms with E-state index >= 15 is 0 Å². The van der Waals surface area contributed by atoms with Crippen LogP contribution < -0.4 is 5.32 Å². The van der Waals surface area contributed by atoms with E-state index in [0.29, 0.717) is 5.54 Å². The topological polar surface area (TPSA) is 15.3 Å². The van der Waals surface area contributed by atoms with Crippen molar-refractivity contribution in [2.24, 2.45) is 5.92 Å². The molecule has 1 atom stereocenters. The molecule has 0 spiro atoms. The summed E-state index contributed by atoms with van der Waals surface area (Å²) in [6.45, 7) is 10.6. The molecule has 0 aromatic heterocycles. The second-order valence-corrected chi connectivity index (χ2v) is 7.53. The average molecular weight is 272 g/mol. The van der Waals surface area contributed by atoms with E-state index < -0.39 is 0 Å². The normalized spacial score (nSPS) is 30.4. The van der Waals surface area contributed by atoms with E-state index in [9.17, 15) is 0 Å². The predicted molar refractivity (Wildman–Crippen MR) is 84.9 cm³/mol. The predicted octanol–water partition coefficient (Wildman–Crippen LogP) is 3.08. The molecular weight excluding hydrogens is 244 g/mol. The minimum absolute atomic E-state index is 0.241. The first-order valence-electron chi connectivity index (χ1n) is 8.04. The number of rotatable bonds is 4. The largest absolute Gasteiger partial charge is 0.309 e. The van der Waals surface area contributed by atoms with Crippen molar-refractivity contribution < 1.29 is 0 Å². The van der Waals surface area contributed by atoms with Crippen molar-refractivity contribution >= 4 is 0 Å². The highest BCUT2D eigenvalue weighted by Gasteiger charge is 2.49. The molecule has 1 unspecified atom stereocenters. The van der Waals surface area contributed by atoms with E-state index in [-0.39, 0.29) is 5.54 Å². The molecule has 3 rings (SSSR count). The van der Waals surface area contributed by atoms with E-state index in [1.807, 2.05) is 0 Å². The highest BCUT2D eigenvalue weighted by Crippen LogP contribution is 2.44. The Kier molecular flexibility index (Phi) is 3.64. The molecule has 1 N–H and O–H groups in total. The molecule has 1 aromatic rings. The molecule has 1 aromatic carbocycles. The zero-order chi connectivity index (χ0) is 14.2. The number of hydrogen-bond donors (Lipinski definition) is 1. The van der Waals surface area contributed by atoms with Crippen LogP contribution in [-0.2, 0) is 6.42 Å². The number of nitrogens with zero attached hydrogens (tertiary/aromatic N) is 1. The Morgan fingerprint density at radius 1 is 1.15 bits per heavy atom. The van der Waals surface area contributed by atoms with Crippen molar-refractivity contribution in [3.63, 3.8) is 0 Å². The Labute approximate surface area is 123 Å². The molecule has 2 nitrogen and oxygen atoms in total. The molecule has 1 saturated carbocycles. The van der Waals surface area contributed by atoms with Gasteiger partial charge in [0, 0.05) is 30.7 Å². The quantitative estimate of drug-likeness (QED) is 0.906. The fourth-order valence-corrected chi connectivity index (χ4v) is 3.59. The zero-order valence-electron chi connectivity index (χ0n) is 13.2. The van der Waals surface area contributed by atoms with Crippen molar-refractivity contribution in [1.82, 2.24) is 10.2 Å². The second kappa shape index (κ2) is 5.16. The Hall–Kier alpha value is -0.860. The Bertz CT molecular complexity index is 450. The molecule has 1 saturated heterocycles. The first kappa shape index (κ1) is 14.1. The van der Waals surface area contributed by atoms with Crippen LogP contribution in [0.1, 0.15) is 39.2 Å². The third-order valence-electron chi connectivity index (χ3n) is 5.20. The lowest BCUT2D eigenvalue weighted by molar-refractivity contribution is 0.0128. The average Bonchev–Trinajstić information content (AvgIpc) is 3.26. The number of nitrogens with one attached hydrogen (secondary N) is 1. The Morgan fingerprint density at radius 3 is 2.50 bits per heavy atom. The van der Waals surface area contributed by atoms with Gasteiger partial charge in [-0.05, 0) is 51.5 Å². The monoisotopic (exact) mass is 272 g/mol. The lowest BCUT2D eigenvalue weighted by Crippen LogP contribution is -2.68. The van der Waals surface area contributed by atoms with E-state index in [1.54, 1.807) is 0 Å². The molecule has 1 heterocycles. The fourth-order valence-electron chi connectivity index (χ4n) is 3.59. The number of benzene rings is 1. The summed E-state index contributed by atoms with van der Waals surface area (Å²) >= 11 is 0. The van der Waals surface area contributed by atoms with Gasteiger partial charge in [-0.3, -0.25) is 4.90 Å². The molecule has 0 radical (unpaired) electrons. The summed E-state index contributed by atoms with van der Waals surface area (Å²) in [5.74, 6) is 0.905. The number of piperazine rings is 1. The van der Waals surface area contributed by atoms with Gasteiger partial charge in [-0.15, -0.1) is 0 Å². The van der Waals surface area contributed by atoms with Crippen molar-refractivity contribution in [1.29, 1.82) is 0 Å². The fraction of sp³-hybridized carbons (Fsp3) is 0.667. The summed E-state index contributed by atoms with van der Waals surface area (Å²) in [7, 11) is 0. The maximum absolute atomic E-state index is 3.76. The van der Waals surface area contributed by atoms with Crippen LogP contribution >= 0.6 is 0 Å². The van der Waals surface area contributed by atoms with Gasteiger partial charge < -0.3 is 5.32 Å². The van der Waals surface area contributed by atoms with Gasteiger partial charge in [-0.25, -0.2) is 0 Å². The van der Waals surface area contributed by atoms with Crippen LogP contribution in [0, 0.1) is 5.92 Å². The zero-order valence-corrected chi connectivity index (χ0v) is 13.2. The minimum atomic E-state index is 0.241. The summed E-state index contributed by atoms with van der Waals surface area (Å²) in [6, 6.07) is 10.9. The molecule has 1 aliphatic carbocycles. The van der Waals surface area contributed by atoms with E-state index in [1.165, 1.54) is 31.4 Å². The third kappa shape index (κ3) is 2.91. The summed E-state index contributed by atoms with van der Waals surface area (Å²) in [5, 5.41) is 3.76. The van der Waals surface area contributed by atoms with Gasteiger partial charge in [0.2, 0.25) is 0 Å². The summed E-state index contributed by atoms with van der Waals surface area (Å²) in [6.07, 6.45) is 4.00. The second-order valence-electron chi connectivity index (χ2n) is 7.53. The van der Waals surface area contributed by atoms with Crippen molar-refractivity contribution in [3.8, 4) is 0 Å². The van der Waals surface area contributed by atoms with Crippen LogP contribution in [0.2, 0.25) is 0 Å². The van der Waals surface area contributed by atoms with E-state index in [4.69, 9.17) is 0 Å². The molecule has 2 fully saturated rings. The van der Waals surface area contributed by atoms with Crippen LogP contribution in [-0.4, -0.2) is 35.6 Å². The molecule has 1 aliphatic heterocycles. The minimum Gasteiger partial charge on any atom is -0.309 e. The molecule has 20 heavy (non-hydrogen) atoms. The van der Waals surface area contributed by atoms with Gasteiger partial charge in [0.05, 0.1) is 0 Å². The van der Waals surface area contributed by atoms with Gasteiger partial charge in [-0.1, -0.05) is 30.3 Å². The van der Waals surface area contributed by atoms with Crippen LogP contribution in [0.3, 0.4) is 0 Å². The Balaban J connectivity index is 1.70. The first-order chi connectivity index (χ1) is 9.50. The van der Waals surface area contributed by atoms with Gasteiger partial charge in [0.1, 0.15) is 0 Å².